The van der Waals surface area contributed by atoms with Crippen LogP contribution in [0, 0.1) is 5.82 Å². The number of ether oxygens (including phenoxy) is 1. The average Bonchev–Trinajstić information content (AvgIpc) is 2.58. The van der Waals surface area contributed by atoms with Crippen LogP contribution in [0.1, 0.15) is 12.7 Å². The Hall–Kier alpha value is -0.940. The van der Waals surface area contributed by atoms with Crippen molar-refractivity contribution >= 4 is 27.0 Å². The molecule has 0 saturated heterocycles. The van der Waals surface area contributed by atoms with Gasteiger partial charge in [0, 0.05) is 12.7 Å². The van der Waals surface area contributed by atoms with Crippen molar-refractivity contribution in [3.8, 4) is 0 Å². The monoisotopic (exact) mass is 272 g/mol. The molecule has 0 atom stereocenters. The van der Waals surface area contributed by atoms with Crippen LogP contribution in [0.5, 0.6) is 0 Å². The molecule has 2 aromatic rings. The van der Waals surface area contributed by atoms with E-state index in [0.29, 0.717) is 29.0 Å². The topological polar surface area (TPSA) is 37.9 Å². The van der Waals surface area contributed by atoms with E-state index in [-0.39, 0.29) is 5.82 Å². The molecule has 0 bridgehead atoms. The minimum Gasteiger partial charge on any atom is -0.374 e. The summed E-state index contributed by atoms with van der Waals surface area (Å²) in [5, 5.41) is 0. The highest BCUT2D eigenvalue weighted by Crippen LogP contribution is 2.21. The summed E-state index contributed by atoms with van der Waals surface area (Å²) in [6.45, 7) is 2.97. The molecule has 1 heterocycles. The predicted molar refractivity (Wildman–Crippen MR) is 59.1 cm³/mol. The summed E-state index contributed by atoms with van der Waals surface area (Å²) in [4.78, 5) is 7.28. The lowest BCUT2D eigenvalue weighted by Gasteiger charge is -1.94. The lowest BCUT2D eigenvalue weighted by atomic mass is 10.3. The summed E-state index contributed by atoms with van der Waals surface area (Å²) in [6, 6.07) is 3.07. The second-order valence-corrected chi connectivity index (χ2v) is 3.96. The fourth-order valence-electron chi connectivity index (χ4n) is 1.32. The van der Waals surface area contributed by atoms with Gasteiger partial charge in [0.05, 0.1) is 15.5 Å². The third kappa shape index (κ3) is 2.18. The maximum atomic E-state index is 13.2. The van der Waals surface area contributed by atoms with Crippen molar-refractivity contribution in [2.75, 3.05) is 6.61 Å². The van der Waals surface area contributed by atoms with Crippen LogP contribution in [0.15, 0.2) is 16.6 Å². The molecule has 0 spiro atoms. The molecule has 2 rings (SSSR count). The number of hydrogen-bond donors (Lipinski definition) is 1. The van der Waals surface area contributed by atoms with Crippen molar-refractivity contribution in [2.45, 2.75) is 13.5 Å². The average molecular weight is 273 g/mol. The molecule has 0 aliphatic carbocycles. The Balaban J connectivity index is 2.38. The second-order valence-electron chi connectivity index (χ2n) is 3.10. The van der Waals surface area contributed by atoms with Gasteiger partial charge in [0.15, 0.2) is 0 Å². The van der Waals surface area contributed by atoms with E-state index in [4.69, 9.17) is 4.74 Å². The van der Waals surface area contributed by atoms with Gasteiger partial charge in [-0.15, -0.1) is 0 Å². The molecule has 0 amide bonds. The minimum absolute atomic E-state index is 0.297. The van der Waals surface area contributed by atoms with Crippen LogP contribution in [0.3, 0.4) is 0 Å². The molecular formula is C10H10BrFN2O. The van der Waals surface area contributed by atoms with Gasteiger partial charge in [-0.05, 0) is 28.9 Å². The number of aromatic amines is 1. The van der Waals surface area contributed by atoms with E-state index in [1.54, 1.807) is 6.07 Å². The molecule has 5 heteroatoms. The molecular weight excluding hydrogens is 263 g/mol. The summed E-state index contributed by atoms with van der Waals surface area (Å²) in [5.74, 6) is 0.415. The van der Waals surface area contributed by atoms with E-state index in [1.165, 1.54) is 6.07 Å². The molecule has 0 unspecified atom stereocenters. The first kappa shape index (κ1) is 10.6. The Kier molecular flexibility index (Phi) is 3.02. The Bertz CT molecular complexity index is 444. The Morgan fingerprint density at radius 3 is 3.07 bits per heavy atom. The van der Waals surface area contributed by atoms with Crippen molar-refractivity contribution in [3.63, 3.8) is 0 Å². The maximum Gasteiger partial charge on any atom is 0.139 e. The Morgan fingerprint density at radius 2 is 2.33 bits per heavy atom. The molecule has 0 aliphatic heterocycles. The quantitative estimate of drug-likeness (QED) is 0.933. The van der Waals surface area contributed by atoms with Crippen molar-refractivity contribution in [1.82, 2.24) is 9.97 Å². The van der Waals surface area contributed by atoms with Crippen LogP contribution in [-0.2, 0) is 11.3 Å². The zero-order valence-corrected chi connectivity index (χ0v) is 9.77. The van der Waals surface area contributed by atoms with Crippen molar-refractivity contribution in [3.05, 3.63) is 28.2 Å². The SMILES string of the molecule is CCOCc1nc2cc(Br)c(F)cc2[nH]1. The fraction of sp³-hybridized carbons (Fsp3) is 0.300. The van der Waals surface area contributed by atoms with Crippen LogP contribution in [0.4, 0.5) is 4.39 Å². The molecule has 1 aromatic carbocycles. The van der Waals surface area contributed by atoms with Crippen LogP contribution >= 0.6 is 15.9 Å². The minimum atomic E-state index is -0.297. The number of benzene rings is 1. The van der Waals surface area contributed by atoms with Crippen molar-refractivity contribution in [2.24, 2.45) is 0 Å². The molecule has 80 valence electrons. The second kappa shape index (κ2) is 4.28. The number of nitrogens with zero attached hydrogens (tertiary/aromatic N) is 1. The van der Waals surface area contributed by atoms with Gasteiger partial charge in [0.25, 0.3) is 0 Å². The first-order valence-electron chi connectivity index (χ1n) is 4.62. The van der Waals surface area contributed by atoms with Gasteiger partial charge in [-0.1, -0.05) is 0 Å². The van der Waals surface area contributed by atoms with Crippen molar-refractivity contribution in [1.29, 1.82) is 0 Å². The van der Waals surface area contributed by atoms with Gasteiger partial charge in [-0.2, -0.15) is 0 Å². The zero-order chi connectivity index (χ0) is 10.8. The summed E-state index contributed by atoms with van der Waals surface area (Å²) in [7, 11) is 0. The third-order valence-corrected chi connectivity index (χ3v) is 2.62. The maximum absolute atomic E-state index is 13.2. The zero-order valence-electron chi connectivity index (χ0n) is 8.18. The highest BCUT2D eigenvalue weighted by Gasteiger charge is 2.06. The predicted octanol–water partition coefficient (Wildman–Crippen LogP) is 3.00. The Labute approximate surface area is 94.8 Å². The number of imidazole rings is 1. The molecule has 0 radical (unpaired) electrons. The molecule has 0 saturated carbocycles. The summed E-state index contributed by atoms with van der Waals surface area (Å²) < 4.78 is 18.8. The van der Waals surface area contributed by atoms with E-state index in [1.807, 2.05) is 6.92 Å². The summed E-state index contributed by atoms with van der Waals surface area (Å²) >= 11 is 3.12. The summed E-state index contributed by atoms with van der Waals surface area (Å²) in [5.41, 5.74) is 1.42. The number of rotatable bonds is 3. The van der Waals surface area contributed by atoms with E-state index in [9.17, 15) is 4.39 Å². The largest absolute Gasteiger partial charge is 0.374 e. The molecule has 1 N–H and O–H groups in total. The number of halogens is 2. The number of nitrogens with one attached hydrogen (secondary N) is 1. The van der Waals surface area contributed by atoms with Gasteiger partial charge in [-0.3, -0.25) is 0 Å². The van der Waals surface area contributed by atoms with Crippen LogP contribution < -0.4 is 0 Å². The van der Waals surface area contributed by atoms with Crippen molar-refractivity contribution < 1.29 is 9.13 Å². The lowest BCUT2D eigenvalue weighted by Crippen LogP contribution is -1.93. The van der Waals surface area contributed by atoms with Gasteiger partial charge in [-0.25, -0.2) is 9.37 Å². The first-order valence-corrected chi connectivity index (χ1v) is 5.41. The number of hydrogen-bond acceptors (Lipinski definition) is 2. The van der Waals surface area contributed by atoms with E-state index in [0.717, 1.165) is 5.52 Å². The highest BCUT2D eigenvalue weighted by molar-refractivity contribution is 9.10. The van der Waals surface area contributed by atoms with Crippen LogP contribution in [0.25, 0.3) is 11.0 Å². The molecule has 0 aliphatic rings. The molecule has 0 fully saturated rings. The van der Waals surface area contributed by atoms with E-state index in [2.05, 4.69) is 25.9 Å². The Morgan fingerprint density at radius 1 is 1.53 bits per heavy atom. The molecule has 15 heavy (non-hydrogen) atoms. The highest BCUT2D eigenvalue weighted by atomic mass is 79.9. The molecule has 1 aromatic heterocycles. The fourth-order valence-corrected chi connectivity index (χ4v) is 1.66. The third-order valence-electron chi connectivity index (χ3n) is 2.02. The normalized spacial score (nSPS) is 11.1. The number of aromatic nitrogens is 2. The first-order chi connectivity index (χ1) is 7.20. The number of H-pyrrole nitrogens is 1. The van der Waals surface area contributed by atoms with E-state index < -0.39 is 0 Å². The molecule has 3 nitrogen and oxygen atoms in total. The van der Waals surface area contributed by atoms with Gasteiger partial charge < -0.3 is 9.72 Å². The van der Waals surface area contributed by atoms with Gasteiger partial charge in [0.1, 0.15) is 18.2 Å². The van der Waals surface area contributed by atoms with Gasteiger partial charge >= 0.3 is 0 Å². The standard InChI is InChI=1S/C10H10BrFN2O/c1-2-15-5-10-13-8-3-6(11)7(12)4-9(8)14-10/h3-4H,2,5H2,1H3,(H,13,14). The van der Waals surface area contributed by atoms with E-state index >= 15 is 0 Å². The van der Waals surface area contributed by atoms with Crippen LogP contribution in [0.2, 0.25) is 0 Å². The van der Waals surface area contributed by atoms with Gasteiger partial charge in [0.2, 0.25) is 0 Å². The van der Waals surface area contributed by atoms with Crippen LogP contribution in [-0.4, -0.2) is 16.6 Å². The smallest absolute Gasteiger partial charge is 0.139 e. The lowest BCUT2D eigenvalue weighted by molar-refractivity contribution is 0.129. The summed E-state index contributed by atoms with van der Waals surface area (Å²) in [6.07, 6.45) is 0. The number of fused-ring (bicyclic) bond motifs is 1.